The second kappa shape index (κ2) is 8.12. The Morgan fingerprint density at radius 3 is 2.25 bits per heavy atom. The Balaban J connectivity index is 2.74. The minimum Gasteiger partial charge on any atom is -0.493 e. The smallest absolute Gasteiger partial charge is 0.160 e. The maximum atomic E-state index is 10.0. The van der Waals surface area contributed by atoms with Crippen LogP contribution in [0.4, 0.5) is 0 Å². The van der Waals surface area contributed by atoms with Gasteiger partial charge in [-0.3, -0.25) is 0 Å². The first-order chi connectivity index (χ1) is 9.53. The van der Waals surface area contributed by atoms with E-state index in [1.807, 2.05) is 32.0 Å². The van der Waals surface area contributed by atoms with Crippen LogP contribution >= 0.6 is 0 Å². The molecule has 0 saturated heterocycles. The molecular weight excluding hydrogens is 256 g/mol. The van der Waals surface area contributed by atoms with E-state index in [0.717, 1.165) is 12.0 Å². The van der Waals surface area contributed by atoms with Crippen molar-refractivity contribution in [3.63, 3.8) is 0 Å². The van der Waals surface area contributed by atoms with Crippen LogP contribution in [0.2, 0.25) is 0 Å². The average Bonchev–Trinajstić information content (AvgIpc) is 2.46. The third-order valence-electron chi connectivity index (χ3n) is 3.60. The molecule has 0 aliphatic rings. The van der Waals surface area contributed by atoms with Gasteiger partial charge in [-0.05, 0) is 36.5 Å². The van der Waals surface area contributed by atoms with Gasteiger partial charge in [-0.2, -0.15) is 0 Å². The van der Waals surface area contributed by atoms with E-state index in [-0.39, 0.29) is 5.92 Å². The SMILES string of the molecule is CCCC(O)C(O)CC(C)c1ccc(OC)c(OC)c1. The Kier molecular flexibility index (Phi) is 6.82. The normalized spacial score (nSPS) is 15.5. The van der Waals surface area contributed by atoms with E-state index >= 15 is 0 Å². The molecule has 2 N–H and O–H groups in total. The van der Waals surface area contributed by atoms with Gasteiger partial charge in [0, 0.05) is 0 Å². The van der Waals surface area contributed by atoms with Gasteiger partial charge < -0.3 is 19.7 Å². The maximum Gasteiger partial charge on any atom is 0.160 e. The lowest BCUT2D eigenvalue weighted by Gasteiger charge is -2.21. The lowest BCUT2D eigenvalue weighted by Crippen LogP contribution is -2.27. The molecule has 0 aromatic heterocycles. The standard InChI is InChI=1S/C16H26O4/c1-5-6-13(17)14(18)9-11(2)12-7-8-15(19-3)16(10-12)20-4/h7-8,10-11,13-14,17-18H,5-6,9H2,1-4H3. The minimum atomic E-state index is -0.696. The Bertz CT molecular complexity index is 405. The number of hydrogen-bond donors (Lipinski definition) is 2. The Hall–Kier alpha value is -1.26. The zero-order valence-electron chi connectivity index (χ0n) is 12.8. The number of aliphatic hydroxyl groups is 2. The van der Waals surface area contributed by atoms with Crippen LogP contribution in [0.1, 0.15) is 44.6 Å². The van der Waals surface area contributed by atoms with Crippen LogP contribution in [0.15, 0.2) is 18.2 Å². The predicted octanol–water partition coefficient (Wildman–Crippen LogP) is 2.72. The number of hydrogen-bond acceptors (Lipinski definition) is 4. The highest BCUT2D eigenvalue weighted by Crippen LogP contribution is 2.32. The zero-order chi connectivity index (χ0) is 15.1. The Morgan fingerprint density at radius 2 is 1.70 bits per heavy atom. The predicted molar refractivity (Wildman–Crippen MR) is 79.5 cm³/mol. The van der Waals surface area contributed by atoms with E-state index in [2.05, 4.69) is 0 Å². The highest BCUT2D eigenvalue weighted by Gasteiger charge is 2.20. The minimum absolute atomic E-state index is 0.135. The van der Waals surface area contributed by atoms with E-state index in [0.29, 0.717) is 24.3 Å². The monoisotopic (exact) mass is 282 g/mol. The summed E-state index contributed by atoms with van der Waals surface area (Å²) < 4.78 is 10.5. The Labute approximate surface area is 121 Å². The lowest BCUT2D eigenvalue weighted by molar-refractivity contribution is 0.00637. The molecule has 0 heterocycles. The van der Waals surface area contributed by atoms with Gasteiger partial charge in [-0.15, -0.1) is 0 Å². The van der Waals surface area contributed by atoms with Gasteiger partial charge in [-0.1, -0.05) is 26.3 Å². The van der Waals surface area contributed by atoms with E-state index in [9.17, 15) is 10.2 Å². The van der Waals surface area contributed by atoms with E-state index < -0.39 is 12.2 Å². The highest BCUT2D eigenvalue weighted by atomic mass is 16.5. The van der Waals surface area contributed by atoms with E-state index in [4.69, 9.17) is 9.47 Å². The maximum absolute atomic E-state index is 10.0. The van der Waals surface area contributed by atoms with Crippen molar-refractivity contribution in [1.82, 2.24) is 0 Å². The molecule has 1 aromatic carbocycles. The fraction of sp³-hybridized carbons (Fsp3) is 0.625. The molecule has 114 valence electrons. The van der Waals surface area contributed by atoms with Gasteiger partial charge in [0.05, 0.1) is 26.4 Å². The first kappa shape index (κ1) is 16.8. The summed E-state index contributed by atoms with van der Waals surface area (Å²) in [6, 6.07) is 5.74. The highest BCUT2D eigenvalue weighted by molar-refractivity contribution is 5.43. The van der Waals surface area contributed by atoms with Crippen LogP contribution in [-0.2, 0) is 0 Å². The molecule has 3 atom stereocenters. The molecule has 0 bridgehead atoms. The second-order valence-electron chi connectivity index (χ2n) is 5.17. The number of ether oxygens (including phenoxy) is 2. The summed E-state index contributed by atoms with van der Waals surface area (Å²) in [4.78, 5) is 0. The van der Waals surface area contributed by atoms with Crippen molar-refractivity contribution in [1.29, 1.82) is 0 Å². The molecular formula is C16H26O4. The topological polar surface area (TPSA) is 58.9 Å². The van der Waals surface area contributed by atoms with Crippen molar-refractivity contribution in [2.75, 3.05) is 14.2 Å². The zero-order valence-corrected chi connectivity index (χ0v) is 12.8. The van der Waals surface area contributed by atoms with E-state index in [1.165, 1.54) is 0 Å². The van der Waals surface area contributed by atoms with Gasteiger partial charge in [0.2, 0.25) is 0 Å². The molecule has 1 rings (SSSR count). The largest absolute Gasteiger partial charge is 0.493 e. The average molecular weight is 282 g/mol. The van der Waals surface area contributed by atoms with Crippen molar-refractivity contribution in [3.8, 4) is 11.5 Å². The third kappa shape index (κ3) is 4.39. The molecule has 1 aromatic rings. The molecule has 0 radical (unpaired) electrons. The van der Waals surface area contributed by atoms with Gasteiger partial charge in [0.25, 0.3) is 0 Å². The van der Waals surface area contributed by atoms with Crippen molar-refractivity contribution in [3.05, 3.63) is 23.8 Å². The molecule has 20 heavy (non-hydrogen) atoms. The first-order valence-electron chi connectivity index (χ1n) is 7.11. The molecule has 4 nitrogen and oxygen atoms in total. The van der Waals surface area contributed by atoms with Gasteiger partial charge >= 0.3 is 0 Å². The number of benzene rings is 1. The summed E-state index contributed by atoms with van der Waals surface area (Å²) in [5, 5.41) is 19.8. The summed E-state index contributed by atoms with van der Waals surface area (Å²) >= 11 is 0. The molecule has 0 amide bonds. The van der Waals surface area contributed by atoms with Gasteiger partial charge in [0.15, 0.2) is 11.5 Å². The number of aliphatic hydroxyl groups excluding tert-OH is 2. The summed E-state index contributed by atoms with van der Waals surface area (Å²) in [7, 11) is 3.21. The number of rotatable bonds is 8. The third-order valence-corrected chi connectivity index (χ3v) is 3.60. The molecule has 0 saturated carbocycles. The second-order valence-corrected chi connectivity index (χ2v) is 5.17. The van der Waals surface area contributed by atoms with E-state index in [1.54, 1.807) is 14.2 Å². The molecule has 0 aliphatic heterocycles. The van der Waals surface area contributed by atoms with Crippen LogP contribution in [-0.4, -0.2) is 36.6 Å². The molecule has 0 spiro atoms. The molecule has 4 heteroatoms. The van der Waals surface area contributed by atoms with Crippen molar-refractivity contribution >= 4 is 0 Å². The van der Waals surface area contributed by atoms with Crippen LogP contribution in [0.3, 0.4) is 0 Å². The fourth-order valence-corrected chi connectivity index (χ4v) is 2.30. The fourth-order valence-electron chi connectivity index (χ4n) is 2.30. The molecule has 0 fully saturated rings. The van der Waals surface area contributed by atoms with Crippen LogP contribution < -0.4 is 9.47 Å². The van der Waals surface area contributed by atoms with Gasteiger partial charge in [0.1, 0.15) is 0 Å². The molecule has 0 aliphatic carbocycles. The number of methoxy groups -OCH3 is 2. The van der Waals surface area contributed by atoms with Gasteiger partial charge in [-0.25, -0.2) is 0 Å². The summed E-state index contributed by atoms with van der Waals surface area (Å²) in [5.41, 5.74) is 1.06. The Morgan fingerprint density at radius 1 is 1.05 bits per heavy atom. The van der Waals surface area contributed by atoms with Crippen molar-refractivity contribution < 1.29 is 19.7 Å². The van der Waals surface area contributed by atoms with Crippen molar-refractivity contribution in [2.24, 2.45) is 0 Å². The van der Waals surface area contributed by atoms with Crippen LogP contribution in [0.5, 0.6) is 11.5 Å². The van der Waals surface area contributed by atoms with Crippen LogP contribution in [0.25, 0.3) is 0 Å². The first-order valence-corrected chi connectivity index (χ1v) is 7.11. The molecule has 3 unspecified atom stereocenters. The van der Waals surface area contributed by atoms with Crippen molar-refractivity contribution in [2.45, 2.75) is 51.2 Å². The lowest BCUT2D eigenvalue weighted by atomic mass is 9.92. The summed E-state index contributed by atoms with van der Waals surface area (Å²) in [6.07, 6.45) is 0.667. The van der Waals surface area contributed by atoms with Crippen LogP contribution in [0, 0.1) is 0 Å². The quantitative estimate of drug-likeness (QED) is 0.769. The summed E-state index contributed by atoms with van der Waals surface area (Å²) in [5.74, 6) is 1.51. The summed E-state index contributed by atoms with van der Waals surface area (Å²) in [6.45, 7) is 4.02.